The van der Waals surface area contributed by atoms with Crippen LogP contribution in [0.15, 0.2) is 0 Å². The van der Waals surface area contributed by atoms with Crippen LogP contribution in [0.2, 0.25) is 0 Å². The third-order valence-corrected chi connectivity index (χ3v) is 2.75. The minimum Gasteiger partial charge on any atom is -0.395 e. The van der Waals surface area contributed by atoms with Gasteiger partial charge in [0.25, 0.3) is 10.1 Å². The van der Waals surface area contributed by atoms with Crippen molar-refractivity contribution in [3.8, 4) is 0 Å². The maximum absolute atomic E-state index is 10.6. The van der Waals surface area contributed by atoms with E-state index >= 15 is 0 Å². The molecular weight excluding hydrogens is 210 g/mol. The zero-order valence-electron chi connectivity index (χ0n) is 8.13. The first-order valence-electron chi connectivity index (χ1n) is 4.31. The zero-order chi connectivity index (χ0) is 11.2. The predicted molar refractivity (Wildman–Crippen MR) is 51.6 cm³/mol. The summed E-state index contributed by atoms with van der Waals surface area (Å²) in [6.07, 6.45) is 0. The highest BCUT2D eigenvalue weighted by Crippen LogP contribution is 2.01. The van der Waals surface area contributed by atoms with Crippen molar-refractivity contribution in [1.82, 2.24) is 4.90 Å². The van der Waals surface area contributed by atoms with Crippen LogP contribution in [-0.4, -0.2) is 66.2 Å². The van der Waals surface area contributed by atoms with E-state index < -0.39 is 21.9 Å². The third-order valence-electron chi connectivity index (χ3n) is 1.85. The fourth-order valence-electron chi connectivity index (χ4n) is 1.22. The smallest absolute Gasteiger partial charge is 0.266 e. The van der Waals surface area contributed by atoms with Gasteiger partial charge in [0.2, 0.25) is 0 Å². The Labute approximate surface area is 83.9 Å². The molecule has 0 radical (unpaired) electrons. The summed E-state index contributed by atoms with van der Waals surface area (Å²) in [6, 6.07) is -0.427. The van der Waals surface area contributed by atoms with Gasteiger partial charge < -0.3 is 10.2 Å². The molecule has 0 bridgehead atoms. The molecule has 0 aromatic carbocycles. The number of aliphatic hydroxyl groups excluding tert-OH is 2. The normalized spacial score (nSPS) is 14.6. The maximum Gasteiger partial charge on any atom is 0.266 e. The van der Waals surface area contributed by atoms with Crippen LogP contribution in [0.3, 0.4) is 0 Å². The number of aliphatic hydroxyl groups is 2. The lowest BCUT2D eigenvalue weighted by molar-refractivity contribution is 0.135. The summed E-state index contributed by atoms with van der Waals surface area (Å²) in [4.78, 5) is 1.59. The standard InChI is InChI=1S/C7H17NO5S/c1-7(6-14(11,12)13)8(2-4-9)3-5-10/h7,9-10H,2-6H2,1H3,(H,11,12,13). The van der Waals surface area contributed by atoms with Gasteiger partial charge in [-0.3, -0.25) is 9.45 Å². The second-order valence-electron chi connectivity index (χ2n) is 3.08. The van der Waals surface area contributed by atoms with Gasteiger partial charge in [-0.15, -0.1) is 0 Å². The van der Waals surface area contributed by atoms with Gasteiger partial charge in [-0.05, 0) is 6.92 Å². The summed E-state index contributed by atoms with van der Waals surface area (Å²) in [5.41, 5.74) is 0. The molecule has 7 heteroatoms. The summed E-state index contributed by atoms with van der Waals surface area (Å²) >= 11 is 0. The molecule has 0 rings (SSSR count). The van der Waals surface area contributed by atoms with Crippen molar-refractivity contribution in [2.24, 2.45) is 0 Å². The molecule has 0 spiro atoms. The Bertz CT molecular complexity index is 234. The van der Waals surface area contributed by atoms with Crippen LogP contribution in [0.5, 0.6) is 0 Å². The molecular formula is C7H17NO5S. The largest absolute Gasteiger partial charge is 0.395 e. The number of hydrogen-bond donors (Lipinski definition) is 3. The van der Waals surface area contributed by atoms with Crippen molar-refractivity contribution in [1.29, 1.82) is 0 Å². The highest BCUT2D eigenvalue weighted by molar-refractivity contribution is 7.85. The van der Waals surface area contributed by atoms with Crippen LogP contribution in [0, 0.1) is 0 Å². The molecule has 3 N–H and O–H groups in total. The molecule has 0 aromatic rings. The summed E-state index contributed by atoms with van der Waals surface area (Å²) in [7, 11) is -4.01. The SMILES string of the molecule is CC(CS(=O)(=O)O)N(CCO)CCO. The zero-order valence-corrected chi connectivity index (χ0v) is 8.94. The van der Waals surface area contributed by atoms with Gasteiger partial charge in [0.1, 0.15) is 0 Å². The molecule has 0 fully saturated rings. The average molecular weight is 227 g/mol. The highest BCUT2D eigenvalue weighted by Gasteiger charge is 2.18. The van der Waals surface area contributed by atoms with Gasteiger partial charge in [0, 0.05) is 19.1 Å². The minimum absolute atomic E-state index is 0.115. The number of rotatable bonds is 7. The Hall–Kier alpha value is -0.210. The van der Waals surface area contributed by atoms with E-state index in [1.807, 2.05) is 0 Å². The van der Waals surface area contributed by atoms with Crippen molar-refractivity contribution in [3.05, 3.63) is 0 Å². The first-order chi connectivity index (χ1) is 6.40. The molecule has 1 atom stereocenters. The van der Waals surface area contributed by atoms with E-state index in [4.69, 9.17) is 14.8 Å². The van der Waals surface area contributed by atoms with Crippen LogP contribution in [0.1, 0.15) is 6.92 Å². The fraction of sp³-hybridized carbons (Fsp3) is 1.00. The van der Waals surface area contributed by atoms with Crippen molar-refractivity contribution < 1.29 is 23.2 Å². The summed E-state index contributed by atoms with van der Waals surface area (Å²) in [5, 5.41) is 17.4. The van der Waals surface area contributed by atoms with Crippen LogP contribution >= 0.6 is 0 Å². The van der Waals surface area contributed by atoms with E-state index in [0.29, 0.717) is 0 Å². The number of nitrogens with zero attached hydrogens (tertiary/aromatic N) is 1. The van der Waals surface area contributed by atoms with Gasteiger partial charge in [-0.1, -0.05) is 0 Å². The molecule has 14 heavy (non-hydrogen) atoms. The lowest BCUT2D eigenvalue weighted by Gasteiger charge is -2.26. The molecule has 0 saturated heterocycles. The highest BCUT2D eigenvalue weighted by atomic mass is 32.2. The second kappa shape index (κ2) is 6.31. The third kappa shape index (κ3) is 6.28. The summed E-state index contributed by atoms with van der Waals surface area (Å²) < 4.78 is 29.7. The van der Waals surface area contributed by atoms with Crippen LogP contribution < -0.4 is 0 Å². The van der Waals surface area contributed by atoms with Crippen molar-refractivity contribution in [3.63, 3.8) is 0 Å². The molecule has 0 amide bonds. The van der Waals surface area contributed by atoms with Crippen LogP contribution in [-0.2, 0) is 10.1 Å². The molecule has 0 aliphatic rings. The molecule has 86 valence electrons. The molecule has 1 unspecified atom stereocenters. The first-order valence-corrected chi connectivity index (χ1v) is 5.92. The monoisotopic (exact) mass is 227 g/mol. The molecule has 6 nitrogen and oxygen atoms in total. The van der Waals surface area contributed by atoms with Crippen molar-refractivity contribution in [2.45, 2.75) is 13.0 Å². The quantitative estimate of drug-likeness (QED) is 0.460. The first kappa shape index (κ1) is 13.8. The van der Waals surface area contributed by atoms with Crippen LogP contribution in [0.4, 0.5) is 0 Å². The molecule has 0 saturated carbocycles. The summed E-state index contributed by atoms with van der Waals surface area (Å²) in [6.45, 7) is 1.93. The predicted octanol–water partition coefficient (Wildman–Crippen LogP) is -1.45. The van der Waals surface area contributed by atoms with Crippen molar-refractivity contribution >= 4 is 10.1 Å². The Morgan fingerprint density at radius 1 is 1.21 bits per heavy atom. The maximum atomic E-state index is 10.6. The van der Waals surface area contributed by atoms with Gasteiger partial charge in [-0.25, -0.2) is 0 Å². The van der Waals surface area contributed by atoms with E-state index in [0.717, 1.165) is 0 Å². The molecule has 0 aromatic heterocycles. The topological polar surface area (TPSA) is 98.1 Å². The summed E-state index contributed by atoms with van der Waals surface area (Å²) in [5.74, 6) is -0.396. The lowest BCUT2D eigenvalue weighted by atomic mass is 10.3. The Morgan fingerprint density at radius 3 is 1.93 bits per heavy atom. The van der Waals surface area contributed by atoms with Gasteiger partial charge in [0.15, 0.2) is 0 Å². The van der Waals surface area contributed by atoms with E-state index in [-0.39, 0.29) is 26.3 Å². The fourth-order valence-corrected chi connectivity index (χ4v) is 2.04. The minimum atomic E-state index is -4.01. The van der Waals surface area contributed by atoms with E-state index in [9.17, 15) is 8.42 Å². The molecule has 0 aliphatic heterocycles. The van der Waals surface area contributed by atoms with Gasteiger partial charge in [-0.2, -0.15) is 8.42 Å². The van der Waals surface area contributed by atoms with E-state index in [1.54, 1.807) is 11.8 Å². The Morgan fingerprint density at radius 2 is 1.64 bits per heavy atom. The van der Waals surface area contributed by atoms with E-state index in [1.165, 1.54) is 0 Å². The lowest BCUT2D eigenvalue weighted by Crippen LogP contribution is -2.41. The van der Waals surface area contributed by atoms with Gasteiger partial charge >= 0.3 is 0 Å². The Balaban J connectivity index is 4.20. The number of hydrogen-bond acceptors (Lipinski definition) is 5. The average Bonchev–Trinajstić information content (AvgIpc) is 2.01. The Kier molecular flexibility index (Phi) is 6.21. The molecule has 0 heterocycles. The van der Waals surface area contributed by atoms with Gasteiger partial charge in [0.05, 0.1) is 19.0 Å². The molecule has 0 aliphatic carbocycles. The second-order valence-corrected chi connectivity index (χ2v) is 4.58. The van der Waals surface area contributed by atoms with Crippen molar-refractivity contribution in [2.75, 3.05) is 32.1 Å². The van der Waals surface area contributed by atoms with Crippen LogP contribution in [0.25, 0.3) is 0 Å². The van der Waals surface area contributed by atoms with E-state index in [2.05, 4.69) is 0 Å².